The van der Waals surface area contributed by atoms with Gasteiger partial charge >= 0.3 is 0 Å². The Kier molecular flexibility index (Phi) is 5.60. The molecule has 0 aromatic heterocycles. The van der Waals surface area contributed by atoms with Crippen LogP contribution in [0.3, 0.4) is 0 Å². The van der Waals surface area contributed by atoms with Crippen LogP contribution in [0.2, 0.25) is 5.02 Å². The zero-order chi connectivity index (χ0) is 18.7. The van der Waals surface area contributed by atoms with Gasteiger partial charge < -0.3 is 5.32 Å². The minimum atomic E-state index is -3.53. The van der Waals surface area contributed by atoms with Gasteiger partial charge in [-0.3, -0.25) is 4.79 Å². The molecular weight excluding hydrogens is 379 g/mol. The quantitative estimate of drug-likeness (QED) is 0.852. The van der Waals surface area contributed by atoms with Crippen molar-refractivity contribution in [3.8, 4) is 0 Å². The van der Waals surface area contributed by atoms with Gasteiger partial charge in [0.2, 0.25) is 10.0 Å². The first-order chi connectivity index (χ1) is 12.4. The van der Waals surface area contributed by atoms with Crippen LogP contribution in [0.25, 0.3) is 0 Å². The van der Waals surface area contributed by atoms with Gasteiger partial charge in [0.05, 0.1) is 9.92 Å². The Bertz CT molecular complexity index is 911. The van der Waals surface area contributed by atoms with Crippen molar-refractivity contribution in [2.24, 2.45) is 0 Å². The fraction of sp³-hybridized carbons (Fsp3) is 0.278. The lowest BCUT2D eigenvalue weighted by Crippen LogP contribution is -2.35. The van der Waals surface area contributed by atoms with Crippen molar-refractivity contribution in [2.45, 2.75) is 24.2 Å². The Morgan fingerprint density at radius 1 is 1.04 bits per heavy atom. The highest BCUT2D eigenvalue weighted by Gasteiger charge is 2.25. The second-order valence-corrected chi connectivity index (χ2v) is 8.42. The number of halogens is 2. The Morgan fingerprint density at radius 3 is 2.31 bits per heavy atom. The summed E-state index contributed by atoms with van der Waals surface area (Å²) < 4.78 is 39.8. The van der Waals surface area contributed by atoms with E-state index in [2.05, 4.69) is 5.32 Å². The van der Waals surface area contributed by atoms with Crippen molar-refractivity contribution in [3.05, 3.63) is 58.9 Å². The first-order valence-corrected chi connectivity index (χ1v) is 10.1. The van der Waals surface area contributed by atoms with Crippen LogP contribution in [-0.4, -0.2) is 31.7 Å². The Hall–Kier alpha value is -1.96. The standard InChI is InChI=1S/C18H18ClFN2O3S/c19-16-12-14(6-9-17(16)20)21-18(23)13-4-7-15(8-5-13)26(24,25)22-10-2-1-3-11-22/h4-9,12H,1-3,10-11H2,(H,21,23). The van der Waals surface area contributed by atoms with Gasteiger partial charge in [0.25, 0.3) is 5.91 Å². The molecule has 2 aromatic carbocycles. The van der Waals surface area contributed by atoms with Gasteiger partial charge in [0.1, 0.15) is 5.82 Å². The molecule has 8 heteroatoms. The zero-order valence-corrected chi connectivity index (χ0v) is 15.5. The molecule has 0 aliphatic carbocycles. The van der Waals surface area contributed by atoms with Crippen LogP contribution in [0.1, 0.15) is 29.6 Å². The van der Waals surface area contributed by atoms with E-state index < -0.39 is 21.7 Å². The lowest BCUT2D eigenvalue weighted by Gasteiger charge is -2.25. The van der Waals surface area contributed by atoms with Gasteiger partial charge in [-0.2, -0.15) is 4.31 Å². The van der Waals surface area contributed by atoms with Crippen LogP contribution in [0.15, 0.2) is 47.4 Å². The number of benzene rings is 2. The lowest BCUT2D eigenvalue weighted by molar-refractivity contribution is 0.102. The number of nitrogens with zero attached hydrogens (tertiary/aromatic N) is 1. The summed E-state index contributed by atoms with van der Waals surface area (Å²) in [7, 11) is -3.53. The number of sulfonamides is 1. The maximum atomic E-state index is 13.2. The molecule has 1 aliphatic rings. The number of carbonyl (C=O) groups is 1. The largest absolute Gasteiger partial charge is 0.322 e. The second-order valence-electron chi connectivity index (χ2n) is 6.07. The van der Waals surface area contributed by atoms with E-state index in [-0.39, 0.29) is 9.92 Å². The van der Waals surface area contributed by atoms with Crippen LogP contribution in [0.5, 0.6) is 0 Å². The fourth-order valence-corrected chi connectivity index (χ4v) is 4.51. The normalized spacial score (nSPS) is 15.6. The molecule has 1 amide bonds. The van der Waals surface area contributed by atoms with E-state index in [1.54, 1.807) is 0 Å². The molecule has 1 aliphatic heterocycles. The van der Waals surface area contributed by atoms with Crippen molar-refractivity contribution in [1.82, 2.24) is 4.31 Å². The maximum Gasteiger partial charge on any atom is 0.255 e. The third-order valence-electron chi connectivity index (χ3n) is 4.25. The summed E-state index contributed by atoms with van der Waals surface area (Å²) in [6, 6.07) is 9.63. The molecule has 1 heterocycles. The molecule has 0 unspecified atom stereocenters. The molecule has 5 nitrogen and oxygen atoms in total. The number of anilines is 1. The second kappa shape index (κ2) is 7.73. The number of carbonyl (C=O) groups excluding carboxylic acids is 1. The van der Waals surface area contributed by atoms with Crippen molar-refractivity contribution in [2.75, 3.05) is 18.4 Å². The number of nitrogens with one attached hydrogen (secondary N) is 1. The van der Waals surface area contributed by atoms with Gasteiger partial charge in [0.15, 0.2) is 0 Å². The molecule has 0 saturated carbocycles. The predicted molar refractivity (Wildman–Crippen MR) is 98.4 cm³/mol. The van der Waals surface area contributed by atoms with E-state index in [0.29, 0.717) is 24.3 Å². The minimum Gasteiger partial charge on any atom is -0.322 e. The van der Waals surface area contributed by atoms with Gasteiger partial charge in [-0.1, -0.05) is 18.0 Å². The molecule has 2 aromatic rings. The molecule has 0 radical (unpaired) electrons. The average molecular weight is 397 g/mol. The van der Waals surface area contributed by atoms with Gasteiger partial charge in [-0.05, 0) is 55.3 Å². The summed E-state index contributed by atoms with van der Waals surface area (Å²) in [5.41, 5.74) is 0.648. The monoisotopic (exact) mass is 396 g/mol. The number of amides is 1. The Balaban J connectivity index is 1.74. The average Bonchev–Trinajstić information content (AvgIpc) is 2.65. The number of hydrogen-bond donors (Lipinski definition) is 1. The van der Waals surface area contributed by atoms with Crippen LogP contribution in [0.4, 0.5) is 10.1 Å². The third kappa shape index (κ3) is 4.06. The van der Waals surface area contributed by atoms with Gasteiger partial charge in [-0.25, -0.2) is 12.8 Å². The van der Waals surface area contributed by atoms with Crippen molar-refractivity contribution in [1.29, 1.82) is 0 Å². The van der Waals surface area contributed by atoms with Crippen LogP contribution < -0.4 is 5.32 Å². The molecule has 0 atom stereocenters. The number of hydrogen-bond acceptors (Lipinski definition) is 3. The highest BCUT2D eigenvalue weighted by molar-refractivity contribution is 7.89. The molecule has 0 spiro atoms. The zero-order valence-electron chi connectivity index (χ0n) is 13.9. The van der Waals surface area contributed by atoms with E-state index in [1.807, 2.05) is 0 Å². The fourth-order valence-electron chi connectivity index (χ4n) is 2.81. The number of rotatable bonds is 4. The number of piperidine rings is 1. The summed E-state index contributed by atoms with van der Waals surface area (Å²) >= 11 is 5.69. The Labute approximate surface area is 156 Å². The molecule has 1 saturated heterocycles. The van der Waals surface area contributed by atoms with E-state index in [0.717, 1.165) is 25.3 Å². The molecule has 138 valence electrons. The van der Waals surface area contributed by atoms with Crippen LogP contribution in [-0.2, 0) is 10.0 Å². The molecule has 3 rings (SSSR count). The first kappa shape index (κ1) is 18.8. The molecule has 26 heavy (non-hydrogen) atoms. The highest BCUT2D eigenvalue weighted by Crippen LogP contribution is 2.22. The lowest BCUT2D eigenvalue weighted by atomic mass is 10.2. The third-order valence-corrected chi connectivity index (χ3v) is 6.45. The topological polar surface area (TPSA) is 66.5 Å². The summed E-state index contributed by atoms with van der Waals surface area (Å²) in [5.74, 6) is -1.01. The van der Waals surface area contributed by atoms with E-state index in [4.69, 9.17) is 11.6 Å². The molecular formula is C18H18ClFN2O3S. The van der Waals surface area contributed by atoms with E-state index >= 15 is 0 Å². The summed E-state index contributed by atoms with van der Waals surface area (Å²) in [4.78, 5) is 12.4. The SMILES string of the molecule is O=C(Nc1ccc(F)c(Cl)c1)c1ccc(S(=O)(=O)N2CCCCC2)cc1. The van der Waals surface area contributed by atoms with Crippen LogP contribution in [0, 0.1) is 5.82 Å². The minimum absolute atomic E-state index is 0.0919. The van der Waals surface area contributed by atoms with E-state index in [1.165, 1.54) is 40.7 Å². The highest BCUT2D eigenvalue weighted by atomic mass is 35.5. The van der Waals surface area contributed by atoms with Gasteiger partial charge in [0, 0.05) is 24.3 Å². The summed E-state index contributed by atoms with van der Waals surface area (Å²) in [5, 5.41) is 2.51. The van der Waals surface area contributed by atoms with Crippen LogP contribution >= 0.6 is 11.6 Å². The molecule has 1 N–H and O–H groups in total. The van der Waals surface area contributed by atoms with Crippen molar-refractivity contribution < 1.29 is 17.6 Å². The predicted octanol–water partition coefficient (Wildman–Crippen LogP) is 3.91. The Morgan fingerprint density at radius 2 is 1.69 bits per heavy atom. The summed E-state index contributed by atoms with van der Waals surface area (Å²) in [6.45, 7) is 1.05. The van der Waals surface area contributed by atoms with Crippen molar-refractivity contribution >= 4 is 33.2 Å². The molecule has 0 bridgehead atoms. The van der Waals surface area contributed by atoms with Gasteiger partial charge in [-0.15, -0.1) is 0 Å². The first-order valence-electron chi connectivity index (χ1n) is 8.24. The molecule has 1 fully saturated rings. The summed E-state index contributed by atoms with van der Waals surface area (Å²) in [6.07, 6.45) is 2.76. The van der Waals surface area contributed by atoms with Crippen molar-refractivity contribution in [3.63, 3.8) is 0 Å². The smallest absolute Gasteiger partial charge is 0.255 e. The van der Waals surface area contributed by atoms with E-state index in [9.17, 15) is 17.6 Å². The maximum absolute atomic E-state index is 13.2.